The molecule has 0 spiro atoms. The van der Waals surface area contributed by atoms with Gasteiger partial charge in [0, 0.05) is 11.3 Å². The molecular formula is C15H17N3. The van der Waals surface area contributed by atoms with Crippen LogP contribution in [0.5, 0.6) is 0 Å². The van der Waals surface area contributed by atoms with Gasteiger partial charge in [-0.05, 0) is 33.8 Å². The SMILES string of the molecule is Cc1cccc(-c2nc(C(C)(C)C#N)[nH]c2C)c1. The fourth-order valence-electron chi connectivity index (χ4n) is 1.88. The molecule has 3 nitrogen and oxygen atoms in total. The molecule has 0 bridgehead atoms. The summed E-state index contributed by atoms with van der Waals surface area (Å²) in [4.78, 5) is 7.81. The number of aryl methyl sites for hydroxylation is 2. The van der Waals surface area contributed by atoms with Crippen LogP contribution in [0.15, 0.2) is 24.3 Å². The molecular weight excluding hydrogens is 222 g/mol. The zero-order chi connectivity index (χ0) is 13.3. The normalized spacial score (nSPS) is 11.3. The number of aromatic amines is 1. The van der Waals surface area contributed by atoms with Crippen LogP contribution >= 0.6 is 0 Å². The molecule has 0 aliphatic carbocycles. The summed E-state index contributed by atoms with van der Waals surface area (Å²) in [6.45, 7) is 7.78. The summed E-state index contributed by atoms with van der Waals surface area (Å²) in [5.74, 6) is 0.721. The number of nitrogens with zero attached hydrogens (tertiary/aromatic N) is 2. The van der Waals surface area contributed by atoms with E-state index in [0.29, 0.717) is 0 Å². The molecule has 0 aliphatic rings. The Bertz CT molecular complexity index is 615. The van der Waals surface area contributed by atoms with Gasteiger partial charge in [0.2, 0.25) is 0 Å². The Hall–Kier alpha value is -2.08. The van der Waals surface area contributed by atoms with Gasteiger partial charge in [-0.1, -0.05) is 23.8 Å². The maximum absolute atomic E-state index is 9.15. The molecule has 0 aliphatic heterocycles. The molecule has 0 amide bonds. The highest BCUT2D eigenvalue weighted by Gasteiger charge is 2.25. The van der Waals surface area contributed by atoms with Gasteiger partial charge in [-0.2, -0.15) is 5.26 Å². The Balaban J connectivity index is 2.52. The molecule has 0 saturated carbocycles. The van der Waals surface area contributed by atoms with Crippen molar-refractivity contribution in [3.05, 3.63) is 41.3 Å². The first kappa shape index (κ1) is 12.4. The van der Waals surface area contributed by atoms with Gasteiger partial charge in [-0.25, -0.2) is 4.98 Å². The van der Waals surface area contributed by atoms with Crippen LogP contribution in [-0.4, -0.2) is 9.97 Å². The maximum atomic E-state index is 9.15. The summed E-state index contributed by atoms with van der Waals surface area (Å²) >= 11 is 0. The second kappa shape index (κ2) is 4.30. The molecule has 0 radical (unpaired) electrons. The molecule has 0 fully saturated rings. The predicted octanol–water partition coefficient (Wildman–Crippen LogP) is 3.49. The van der Waals surface area contributed by atoms with Crippen LogP contribution < -0.4 is 0 Å². The molecule has 1 aromatic carbocycles. The Morgan fingerprint density at radius 2 is 2.00 bits per heavy atom. The van der Waals surface area contributed by atoms with E-state index < -0.39 is 5.41 Å². The molecule has 18 heavy (non-hydrogen) atoms. The van der Waals surface area contributed by atoms with Crippen molar-refractivity contribution in [2.75, 3.05) is 0 Å². The summed E-state index contributed by atoms with van der Waals surface area (Å²) in [5, 5.41) is 9.15. The zero-order valence-corrected chi connectivity index (χ0v) is 11.2. The van der Waals surface area contributed by atoms with Crippen molar-refractivity contribution < 1.29 is 0 Å². The van der Waals surface area contributed by atoms with Crippen LogP contribution in [0.25, 0.3) is 11.3 Å². The Morgan fingerprint density at radius 1 is 1.28 bits per heavy atom. The third-order valence-corrected chi connectivity index (χ3v) is 3.05. The van der Waals surface area contributed by atoms with Gasteiger partial charge in [-0.3, -0.25) is 0 Å². The lowest BCUT2D eigenvalue weighted by Crippen LogP contribution is -2.15. The quantitative estimate of drug-likeness (QED) is 0.872. The molecule has 92 valence electrons. The number of aromatic nitrogens is 2. The van der Waals surface area contributed by atoms with Crippen LogP contribution in [0, 0.1) is 25.2 Å². The number of imidazole rings is 1. The highest BCUT2D eigenvalue weighted by Crippen LogP contribution is 2.26. The van der Waals surface area contributed by atoms with E-state index in [0.717, 1.165) is 22.8 Å². The summed E-state index contributed by atoms with van der Waals surface area (Å²) in [6, 6.07) is 10.5. The molecule has 2 rings (SSSR count). The first-order chi connectivity index (χ1) is 8.44. The van der Waals surface area contributed by atoms with Crippen molar-refractivity contribution in [1.82, 2.24) is 9.97 Å². The zero-order valence-electron chi connectivity index (χ0n) is 11.2. The van der Waals surface area contributed by atoms with Crippen molar-refractivity contribution in [3.8, 4) is 17.3 Å². The molecule has 3 heteroatoms. The van der Waals surface area contributed by atoms with Crippen molar-refractivity contribution in [1.29, 1.82) is 5.26 Å². The first-order valence-corrected chi connectivity index (χ1v) is 5.99. The summed E-state index contributed by atoms with van der Waals surface area (Å²) < 4.78 is 0. The summed E-state index contributed by atoms with van der Waals surface area (Å²) in [5.41, 5.74) is 3.63. The summed E-state index contributed by atoms with van der Waals surface area (Å²) in [7, 11) is 0. The number of rotatable bonds is 2. The Morgan fingerprint density at radius 3 is 2.61 bits per heavy atom. The van der Waals surface area contributed by atoms with E-state index in [9.17, 15) is 0 Å². The third kappa shape index (κ3) is 2.14. The molecule has 2 aromatic rings. The van der Waals surface area contributed by atoms with E-state index in [4.69, 9.17) is 5.26 Å². The lowest BCUT2D eigenvalue weighted by Gasteiger charge is -2.10. The number of nitrogens with one attached hydrogen (secondary N) is 1. The van der Waals surface area contributed by atoms with E-state index >= 15 is 0 Å². The number of hydrogen-bond donors (Lipinski definition) is 1. The fraction of sp³-hybridized carbons (Fsp3) is 0.333. The number of benzene rings is 1. The second-order valence-corrected chi connectivity index (χ2v) is 5.17. The van der Waals surface area contributed by atoms with Gasteiger partial charge in [0.1, 0.15) is 11.2 Å². The predicted molar refractivity (Wildman–Crippen MR) is 72.1 cm³/mol. The van der Waals surface area contributed by atoms with Crippen LogP contribution in [0.4, 0.5) is 0 Å². The minimum absolute atomic E-state index is 0.590. The van der Waals surface area contributed by atoms with Crippen LogP contribution in [0.2, 0.25) is 0 Å². The van der Waals surface area contributed by atoms with Gasteiger partial charge in [-0.15, -0.1) is 0 Å². The van der Waals surface area contributed by atoms with Crippen LogP contribution in [0.1, 0.15) is 30.9 Å². The van der Waals surface area contributed by atoms with Crippen LogP contribution in [-0.2, 0) is 5.41 Å². The van der Waals surface area contributed by atoms with E-state index in [1.807, 2.05) is 32.9 Å². The van der Waals surface area contributed by atoms with Gasteiger partial charge >= 0.3 is 0 Å². The van der Waals surface area contributed by atoms with Gasteiger partial charge < -0.3 is 4.98 Å². The highest BCUT2D eigenvalue weighted by molar-refractivity contribution is 5.63. The molecule has 0 atom stereocenters. The summed E-state index contributed by atoms with van der Waals surface area (Å²) in [6.07, 6.45) is 0. The average molecular weight is 239 g/mol. The maximum Gasteiger partial charge on any atom is 0.126 e. The minimum atomic E-state index is -0.590. The largest absolute Gasteiger partial charge is 0.344 e. The fourth-order valence-corrected chi connectivity index (χ4v) is 1.88. The minimum Gasteiger partial charge on any atom is -0.344 e. The number of hydrogen-bond acceptors (Lipinski definition) is 2. The van der Waals surface area contributed by atoms with E-state index in [1.54, 1.807) is 0 Å². The van der Waals surface area contributed by atoms with Crippen molar-refractivity contribution in [2.45, 2.75) is 33.1 Å². The highest BCUT2D eigenvalue weighted by atomic mass is 15.0. The van der Waals surface area contributed by atoms with Gasteiger partial charge in [0.25, 0.3) is 0 Å². The van der Waals surface area contributed by atoms with Gasteiger partial charge in [0.15, 0.2) is 0 Å². The second-order valence-electron chi connectivity index (χ2n) is 5.17. The smallest absolute Gasteiger partial charge is 0.126 e. The van der Waals surface area contributed by atoms with Crippen LogP contribution in [0.3, 0.4) is 0 Å². The lowest BCUT2D eigenvalue weighted by molar-refractivity contribution is 0.638. The molecule has 0 saturated heterocycles. The van der Waals surface area contributed by atoms with Gasteiger partial charge in [0.05, 0.1) is 11.8 Å². The number of H-pyrrole nitrogens is 1. The average Bonchev–Trinajstić information content (AvgIpc) is 2.72. The van der Waals surface area contributed by atoms with Crippen molar-refractivity contribution >= 4 is 0 Å². The Labute approximate surface area is 107 Å². The van der Waals surface area contributed by atoms with E-state index in [-0.39, 0.29) is 0 Å². The monoisotopic (exact) mass is 239 g/mol. The lowest BCUT2D eigenvalue weighted by atomic mass is 9.95. The molecule has 1 N–H and O–H groups in total. The number of nitriles is 1. The first-order valence-electron chi connectivity index (χ1n) is 5.99. The van der Waals surface area contributed by atoms with Crippen molar-refractivity contribution in [3.63, 3.8) is 0 Å². The van der Waals surface area contributed by atoms with Crippen molar-refractivity contribution in [2.24, 2.45) is 0 Å². The molecule has 1 aromatic heterocycles. The third-order valence-electron chi connectivity index (χ3n) is 3.05. The molecule has 0 unspecified atom stereocenters. The Kier molecular flexibility index (Phi) is 2.96. The van der Waals surface area contributed by atoms with E-state index in [1.165, 1.54) is 5.56 Å². The van der Waals surface area contributed by atoms with E-state index in [2.05, 4.69) is 35.1 Å². The molecule has 1 heterocycles. The standard InChI is InChI=1S/C15H17N3/c1-10-6-5-7-12(8-10)13-11(2)17-14(18-13)15(3,4)9-16/h5-8H,1-4H3,(H,17,18). The topological polar surface area (TPSA) is 52.5 Å².